The Balaban J connectivity index is -0.000000276. The maximum atomic E-state index is 10.7. The van der Waals surface area contributed by atoms with E-state index in [-0.39, 0.29) is 19.8 Å². The highest BCUT2D eigenvalue weighted by Gasteiger charge is 2.44. The quantitative estimate of drug-likeness (QED) is 0.210. The van der Waals surface area contributed by atoms with E-state index in [1.54, 1.807) is 4.90 Å². The van der Waals surface area contributed by atoms with E-state index in [0.29, 0.717) is 19.6 Å². The molecule has 0 aliphatic heterocycles. The second kappa shape index (κ2) is 13.0. The van der Waals surface area contributed by atoms with Gasteiger partial charge in [-0.1, -0.05) is 0 Å². The first kappa shape index (κ1) is 27.5. The Hall–Kier alpha value is -0.330. The van der Waals surface area contributed by atoms with E-state index >= 15 is 0 Å². The van der Waals surface area contributed by atoms with Crippen molar-refractivity contribution in [1.82, 2.24) is 4.90 Å². The Labute approximate surface area is 131 Å². The van der Waals surface area contributed by atoms with Crippen molar-refractivity contribution in [3.63, 3.8) is 0 Å². The molecule has 0 bridgehead atoms. The molecular weight excluding hydrogens is 383 g/mol. The van der Waals surface area contributed by atoms with Crippen molar-refractivity contribution in [2.45, 2.75) is 5.51 Å². The van der Waals surface area contributed by atoms with Crippen LogP contribution in [0.4, 0.5) is 13.2 Å². The highest BCUT2D eigenvalue weighted by Crippen LogP contribution is 2.20. The number of nitrogens with zero attached hydrogens (tertiary/aromatic N) is 1. The van der Waals surface area contributed by atoms with E-state index in [1.807, 2.05) is 0 Å². The molecule has 16 heteroatoms. The van der Waals surface area contributed by atoms with Gasteiger partial charge < -0.3 is 15.3 Å². The highest BCUT2D eigenvalue weighted by molar-refractivity contribution is 7.86. The summed E-state index contributed by atoms with van der Waals surface area (Å²) in [6, 6.07) is 0. The van der Waals surface area contributed by atoms with Crippen LogP contribution in [0.1, 0.15) is 0 Å². The van der Waals surface area contributed by atoms with Crippen LogP contribution in [0.25, 0.3) is 0 Å². The van der Waals surface area contributed by atoms with Crippen LogP contribution < -0.4 is 14.0 Å². The van der Waals surface area contributed by atoms with E-state index in [2.05, 4.69) is 0 Å². The first-order valence-corrected chi connectivity index (χ1v) is 8.02. The molecule has 11 nitrogen and oxygen atoms in total. The molecule has 0 unspecified atom stereocenters. The average Bonchev–Trinajstić information content (AvgIpc) is 2.25. The van der Waals surface area contributed by atoms with Crippen LogP contribution in [-0.2, 0) is 10.1 Å². The summed E-state index contributed by atoms with van der Waals surface area (Å²) in [5, 5.41) is 25.5. The van der Waals surface area contributed by atoms with Gasteiger partial charge in [0.1, 0.15) is 0 Å². The Kier molecular flexibility index (Phi) is 15.6. The van der Waals surface area contributed by atoms with Crippen molar-refractivity contribution in [3.05, 3.63) is 0 Å². The summed E-state index contributed by atoms with van der Waals surface area (Å²) in [5.41, 5.74) is -5.53. The fraction of sp³-hybridized carbons (Fsp3) is 1.00. The largest absolute Gasteiger partial charge is 0.522 e. The van der Waals surface area contributed by atoms with Crippen molar-refractivity contribution in [3.8, 4) is 0 Å². The average molecular weight is 400 g/mol. The van der Waals surface area contributed by atoms with Crippen LogP contribution in [0.3, 0.4) is 0 Å². The van der Waals surface area contributed by atoms with E-state index in [0.717, 1.165) is 0 Å². The Bertz CT molecular complexity index is 353. The zero-order valence-corrected chi connectivity index (χ0v) is 13.0. The maximum Gasteiger partial charge on any atom is 0.522 e. The third-order valence-electron chi connectivity index (χ3n) is 1.54. The minimum Gasteiger partial charge on any atom is -0.395 e. The van der Waals surface area contributed by atoms with Crippen molar-refractivity contribution >= 4 is 10.1 Å². The number of rotatable bonds is 6. The molecule has 0 aromatic rings. The topological polar surface area (TPSA) is 208 Å². The third kappa shape index (κ3) is 26.9. The van der Waals surface area contributed by atoms with Crippen molar-refractivity contribution in [2.75, 3.05) is 39.5 Å². The predicted octanol–water partition coefficient (Wildman–Crippen LogP) is -5.46. The van der Waals surface area contributed by atoms with E-state index in [4.69, 9.17) is 46.9 Å². The third-order valence-corrected chi connectivity index (χ3v) is 2.13. The molecule has 144 valence electrons. The van der Waals surface area contributed by atoms with Crippen LogP contribution >= 0.6 is 0 Å². The van der Waals surface area contributed by atoms with Gasteiger partial charge in [-0.2, -0.15) is 35.6 Å². The van der Waals surface area contributed by atoms with Crippen LogP contribution in [0, 0.1) is 10.2 Å². The molecule has 0 aliphatic rings. The number of aliphatic hydroxyl groups excluding tert-OH is 3. The van der Waals surface area contributed by atoms with Gasteiger partial charge >= 0.3 is 15.6 Å². The lowest BCUT2D eigenvalue weighted by Gasteiger charge is -2.17. The van der Waals surface area contributed by atoms with Gasteiger partial charge in [-0.25, -0.2) is 0 Å². The summed E-state index contributed by atoms with van der Waals surface area (Å²) in [4.78, 5) is 1.79. The van der Waals surface area contributed by atoms with Gasteiger partial charge in [0.25, 0.3) is 0 Å². The van der Waals surface area contributed by atoms with Crippen molar-refractivity contribution in [2.24, 2.45) is 0 Å². The van der Waals surface area contributed by atoms with Crippen molar-refractivity contribution in [1.29, 1.82) is 0 Å². The normalized spacial score (nSPS) is 12.2. The minimum atomic E-state index is -5.84. The second-order valence-electron chi connectivity index (χ2n) is 3.33. The van der Waals surface area contributed by atoms with Crippen LogP contribution in [0.2, 0.25) is 0 Å². The lowest BCUT2D eigenvalue weighted by Crippen LogP contribution is -2.58. The van der Waals surface area contributed by atoms with Gasteiger partial charge in [0.15, 0.2) is 0 Å². The number of hydrogen-bond acceptors (Lipinski definition) is 10. The smallest absolute Gasteiger partial charge is 0.395 e. The molecule has 0 aromatic heterocycles. The summed E-state index contributed by atoms with van der Waals surface area (Å²) in [6.45, 7) is 1.75. The SMILES string of the molecule is O=S(=O)(O)C(F)(F)F.OCCN(CCO)CCO.[O-][Cl+3]([O-])([O-])O. The van der Waals surface area contributed by atoms with Gasteiger partial charge in [-0.05, 0) is 0 Å². The molecule has 0 rings (SSSR count). The Morgan fingerprint density at radius 3 is 1.17 bits per heavy atom. The molecule has 23 heavy (non-hydrogen) atoms. The predicted molar refractivity (Wildman–Crippen MR) is 57.5 cm³/mol. The molecular formula is C7H17ClF3NO10S. The molecule has 0 aliphatic carbocycles. The molecule has 0 fully saturated rings. The molecule has 0 saturated carbocycles. The monoisotopic (exact) mass is 399 g/mol. The standard InChI is InChI=1S/C6H15NO3.CHF3O3S.ClHO4/c8-4-1-7(2-5-9)3-6-10;2-1(3,4)8(5,6)7;2-1(3,4)5/h8-10H,1-6H2;(H,5,6,7);(H,2,3,4,5). The highest BCUT2D eigenvalue weighted by atomic mass is 35.7. The number of aliphatic hydroxyl groups is 3. The Morgan fingerprint density at radius 1 is 0.913 bits per heavy atom. The lowest BCUT2D eigenvalue weighted by atomic mass is 10.4. The molecule has 0 radical (unpaired) electrons. The molecule has 0 saturated heterocycles. The van der Waals surface area contributed by atoms with Crippen LogP contribution in [0.15, 0.2) is 0 Å². The van der Waals surface area contributed by atoms with Gasteiger partial charge in [0.2, 0.25) is 0 Å². The summed E-state index contributed by atoms with van der Waals surface area (Å²) >= 11 is 0. The second-order valence-corrected chi connectivity index (χ2v) is 5.53. The fourth-order valence-electron chi connectivity index (χ4n) is 0.760. The zero-order valence-electron chi connectivity index (χ0n) is 11.4. The van der Waals surface area contributed by atoms with Gasteiger partial charge in [-0.3, -0.25) is 9.45 Å². The van der Waals surface area contributed by atoms with Gasteiger partial charge in [0.05, 0.1) is 34.7 Å². The summed E-state index contributed by atoms with van der Waals surface area (Å²) < 4.78 is 90.3. The van der Waals surface area contributed by atoms with Gasteiger partial charge in [-0.15, -0.1) is 0 Å². The summed E-state index contributed by atoms with van der Waals surface area (Å²) in [7, 11) is -10.5. The van der Waals surface area contributed by atoms with Crippen LogP contribution in [-0.4, -0.2) is 82.8 Å². The zero-order chi connectivity index (χ0) is 19.3. The maximum absolute atomic E-state index is 10.7. The number of alkyl halides is 3. The van der Waals surface area contributed by atoms with Crippen molar-refractivity contribution < 1.29 is 70.3 Å². The molecule has 0 atom stereocenters. The number of halogens is 4. The minimum absolute atomic E-state index is 0.0694. The number of hydrogen-bond donors (Lipinski definition) is 5. The molecule has 0 heterocycles. The molecule has 0 amide bonds. The fourth-order valence-corrected chi connectivity index (χ4v) is 0.760. The molecule has 0 spiro atoms. The summed E-state index contributed by atoms with van der Waals surface area (Å²) in [5.74, 6) is 0. The summed E-state index contributed by atoms with van der Waals surface area (Å²) in [6.07, 6.45) is 0. The first-order chi connectivity index (χ1) is 10.1. The van der Waals surface area contributed by atoms with E-state index in [9.17, 15) is 13.2 Å². The molecule has 0 aromatic carbocycles. The lowest BCUT2D eigenvalue weighted by molar-refractivity contribution is -1.92. The molecule has 5 N–H and O–H groups in total. The van der Waals surface area contributed by atoms with E-state index in [1.165, 1.54) is 0 Å². The van der Waals surface area contributed by atoms with Crippen LogP contribution in [0.5, 0.6) is 0 Å². The van der Waals surface area contributed by atoms with Gasteiger partial charge in [0, 0.05) is 19.6 Å². The first-order valence-electron chi connectivity index (χ1n) is 5.32. The van der Waals surface area contributed by atoms with E-state index < -0.39 is 25.9 Å². The Morgan fingerprint density at radius 2 is 1.09 bits per heavy atom.